The molecule has 0 unspecified atom stereocenters. The first-order valence-corrected chi connectivity index (χ1v) is 7.91. The Labute approximate surface area is 108 Å². The molecule has 1 aliphatic rings. The van der Waals surface area contributed by atoms with Crippen molar-refractivity contribution in [3.8, 4) is 5.75 Å². The van der Waals surface area contributed by atoms with E-state index in [-0.39, 0.29) is 10.3 Å². The van der Waals surface area contributed by atoms with Gasteiger partial charge in [0.15, 0.2) is 9.84 Å². The van der Waals surface area contributed by atoms with Crippen molar-refractivity contribution in [2.24, 2.45) is 5.73 Å². The van der Waals surface area contributed by atoms with E-state index in [0.29, 0.717) is 12.3 Å². The van der Waals surface area contributed by atoms with Gasteiger partial charge in [0, 0.05) is 18.2 Å². The molecule has 0 amide bonds. The normalized spacial score (nSPS) is 18.2. The molecular weight excluding hydrogens is 250 g/mol. The van der Waals surface area contributed by atoms with Gasteiger partial charge >= 0.3 is 0 Å². The summed E-state index contributed by atoms with van der Waals surface area (Å²) in [6.07, 6.45) is 4.48. The van der Waals surface area contributed by atoms with Crippen LogP contribution in [-0.2, 0) is 15.3 Å². The topological polar surface area (TPSA) is 69.4 Å². The Balaban J connectivity index is 2.48. The average molecular weight is 269 g/mol. The van der Waals surface area contributed by atoms with Crippen LogP contribution in [0.25, 0.3) is 0 Å². The zero-order chi connectivity index (χ0) is 13.4. The SMILES string of the molecule is COc1cc(C2(CN)CCC2)ccc1S(C)(=O)=O. The summed E-state index contributed by atoms with van der Waals surface area (Å²) in [4.78, 5) is 0.236. The second kappa shape index (κ2) is 4.55. The van der Waals surface area contributed by atoms with Gasteiger partial charge in [0.25, 0.3) is 0 Å². The van der Waals surface area contributed by atoms with Crippen molar-refractivity contribution >= 4 is 9.84 Å². The van der Waals surface area contributed by atoms with Crippen molar-refractivity contribution in [1.82, 2.24) is 0 Å². The molecular formula is C13H19NO3S. The van der Waals surface area contributed by atoms with Crippen LogP contribution in [0.3, 0.4) is 0 Å². The fourth-order valence-corrected chi connectivity index (χ4v) is 3.34. The Hall–Kier alpha value is -1.07. The van der Waals surface area contributed by atoms with Crippen LogP contribution in [0.5, 0.6) is 5.75 Å². The molecule has 0 aliphatic heterocycles. The summed E-state index contributed by atoms with van der Waals surface area (Å²) < 4.78 is 28.4. The summed E-state index contributed by atoms with van der Waals surface area (Å²) >= 11 is 0. The molecule has 1 aromatic rings. The summed E-state index contributed by atoms with van der Waals surface area (Å²) in [5, 5.41) is 0. The molecule has 18 heavy (non-hydrogen) atoms. The average Bonchev–Trinajstić information content (AvgIpc) is 2.26. The van der Waals surface area contributed by atoms with E-state index in [2.05, 4.69) is 0 Å². The minimum atomic E-state index is -3.26. The molecule has 100 valence electrons. The molecule has 1 aromatic carbocycles. The summed E-state index contributed by atoms with van der Waals surface area (Å²) in [5.74, 6) is 0.412. The molecule has 0 aromatic heterocycles. The molecule has 5 heteroatoms. The molecule has 4 nitrogen and oxygen atoms in total. The first kappa shape index (κ1) is 13.4. The number of hydrogen-bond acceptors (Lipinski definition) is 4. The largest absolute Gasteiger partial charge is 0.495 e. The molecule has 1 aliphatic carbocycles. The lowest BCUT2D eigenvalue weighted by molar-refractivity contribution is 0.252. The van der Waals surface area contributed by atoms with Crippen LogP contribution in [0.15, 0.2) is 23.1 Å². The van der Waals surface area contributed by atoms with E-state index in [1.165, 1.54) is 19.8 Å². The molecule has 2 N–H and O–H groups in total. The fraction of sp³-hybridized carbons (Fsp3) is 0.538. The van der Waals surface area contributed by atoms with Crippen LogP contribution < -0.4 is 10.5 Å². The standard InChI is InChI=1S/C13H19NO3S/c1-17-11-8-10(13(9-14)6-3-7-13)4-5-12(11)18(2,15)16/h4-5,8H,3,6-7,9,14H2,1-2H3. The predicted octanol–water partition coefficient (Wildman–Crippen LogP) is 1.48. The second-order valence-corrected chi connectivity index (χ2v) is 6.96. The van der Waals surface area contributed by atoms with E-state index >= 15 is 0 Å². The molecule has 2 rings (SSSR count). The minimum Gasteiger partial charge on any atom is -0.495 e. The van der Waals surface area contributed by atoms with E-state index in [4.69, 9.17) is 10.5 Å². The van der Waals surface area contributed by atoms with E-state index in [9.17, 15) is 8.42 Å². The number of ether oxygens (including phenoxy) is 1. The number of hydrogen-bond donors (Lipinski definition) is 1. The highest BCUT2D eigenvalue weighted by atomic mass is 32.2. The monoisotopic (exact) mass is 269 g/mol. The van der Waals surface area contributed by atoms with Crippen LogP contribution in [0.4, 0.5) is 0 Å². The summed E-state index contributed by atoms with van der Waals surface area (Å²) in [7, 11) is -1.77. The Morgan fingerprint density at radius 3 is 2.44 bits per heavy atom. The highest BCUT2D eigenvalue weighted by Gasteiger charge is 2.37. The van der Waals surface area contributed by atoms with Crippen molar-refractivity contribution in [2.45, 2.75) is 29.6 Å². The van der Waals surface area contributed by atoms with E-state index < -0.39 is 9.84 Å². The molecule has 1 fully saturated rings. The van der Waals surface area contributed by atoms with Crippen molar-refractivity contribution < 1.29 is 13.2 Å². The summed E-state index contributed by atoms with van der Waals surface area (Å²) in [6, 6.07) is 5.31. The lowest BCUT2D eigenvalue weighted by atomic mass is 9.64. The third kappa shape index (κ3) is 2.12. The molecule has 0 bridgehead atoms. The van der Waals surface area contributed by atoms with Gasteiger partial charge in [-0.15, -0.1) is 0 Å². The molecule has 0 heterocycles. The highest BCUT2D eigenvalue weighted by molar-refractivity contribution is 7.90. The van der Waals surface area contributed by atoms with Crippen molar-refractivity contribution in [1.29, 1.82) is 0 Å². The molecule has 1 saturated carbocycles. The molecule has 0 saturated heterocycles. The number of methoxy groups -OCH3 is 1. The Bertz CT molecular complexity index is 542. The van der Waals surface area contributed by atoms with E-state index in [1.54, 1.807) is 6.07 Å². The number of nitrogens with two attached hydrogens (primary N) is 1. The Morgan fingerprint density at radius 1 is 1.39 bits per heavy atom. The van der Waals surface area contributed by atoms with Gasteiger partial charge < -0.3 is 10.5 Å². The van der Waals surface area contributed by atoms with Crippen molar-refractivity contribution in [3.63, 3.8) is 0 Å². The Kier molecular flexibility index (Phi) is 3.38. The maximum atomic E-state index is 11.6. The number of benzene rings is 1. The van der Waals surface area contributed by atoms with E-state index in [0.717, 1.165) is 18.4 Å². The van der Waals surface area contributed by atoms with Gasteiger partial charge in [-0.05, 0) is 30.5 Å². The van der Waals surface area contributed by atoms with E-state index in [1.807, 2.05) is 12.1 Å². The summed E-state index contributed by atoms with van der Waals surface area (Å²) in [5.41, 5.74) is 6.96. The highest BCUT2D eigenvalue weighted by Crippen LogP contribution is 2.44. The Morgan fingerprint density at radius 2 is 2.06 bits per heavy atom. The van der Waals surface area contributed by atoms with Crippen molar-refractivity contribution in [3.05, 3.63) is 23.8 Å². The van der Waals surface area contributed by atoms with Gasteiger partial charge in [-0.2, -0.15) is 0 Å². The zero-order valence-corrected chi connectivity index (χ0v) is 11.6. The van der Waals surface area contributed by atoms with Crippen LogP contribution in [0.2, 0.25) is 0 Å². The van der Waals surface area contributed by atoms with Gasteiger partial charge in [-0.3, -0.25) is 0 Å². The van der Waals surface area contributed by atoms with Gasteiger partial charge in [-0.25, -0.2) is 8.42 Å². The van der Waals surface area contributed by atoms with Crippen LogP contribution in [0.1, 0.15) is 24.8 Å². The zero-order valence-electron chi connectivity index (χ0n) is 10.8. The van der Waals surface area contributed by atoms with Gasteiger partial charge in [0.2, 0.25) is 0 Å². The third-order valence-corrected chi connectivity index (χ3v) is 5.01. The lowest BCUT2D eigenvalue weighted by Crippen LogP contribution is -2.41. The first-order chi connectivity index (χ1) is 8.43. The maximum Gasteiger partial charge on any atom is 0.179 e. The third-order valence-electron chi connectivity index (χ3n) is 3.88. The minimum absolute atomic E-state index is 0.0172. The van der Waals surface area contributed by atoms with Gasteiger partial charge in [-0.1, -0.05) is 12.5 Å². The van der Waals surface area contributed by atoms with Gasteiger partial charge in [0.1, 0.15) is 10.6 Å². The smallest absolute Gasteiger partial charge is 0.179 e. The predicted molar refractivity (Wildman–Crippen MR) is 70.7 cm³/mol. The van der Waals surface area contributed by atoms with Crippen LogP contribution >= 0.6 is 0 Å². The van der Waals surface area contributed by atoms with Crippen LogP contribution in [0, 0.1) is 0 Å². The van der Waals surface area contributed by atoms with Crippen molar-refractivity contribution in [2.75, 3.05) is 19.9 Å². The maximum absolute atomic E-state index is 11.6. The van der Waals surface area contributed by atoms with Gasteiger partial charge in [0.05, 0.1) is 7.11 Å². The molecule has 0 spiro atoms. The number of sulfone groups is 1. The quantitative estimate of drug-likeness (QED) is 0.899. The second-order valence-electron chi connectivity index (χ2n) is 4.98. The fourth-order valence-electron chi connectivity index (χ4n) is 2.52. The van der Waals surface area contributed by atoms with Crippen LogP contribution in [-0.4, -0.2) is 28.3 Å². The molecule has 0 radical (unpaired) electrons. The molecule has 0 atom stereocenters. The number of rotatable bonds is 4. The first-order valence-electron chi connectivity index (χ1n) is 6.02. The summed E-state index contributed by atoms with van der Waals surface area (Å²) in [6.45, 7) is 0.592. The lowest BCUT2D eigenvalue weighted by Gasteiger charge is -2.41.